The summed E-state index contributed by atoms with van der Waals surface area (Å²) in [7, 11) is 0. The summed E-state index contributed by atoms with van der Waals surface area (Å²) in [6, 6.07) is 8.45. The molecule has 3 aromatic rings. The fraction of sp³-hybridized carbons (Fsp3) is 0.250. The first-order chi connectivity index (χ1) is 11.3. The molecule has 3 heterocycles. The summed E-state index contributed by atoms with van der Waals surface area (Å²) in [4.78, 5) is 14.3. The first kappa shape index (κ1) is 12.9. The zero-order valence-electron chi connectivity index (χ0n) is 13.1. The molecule has 0 unspecified atom stereocenters. The van der Waals surface area contributed by atoms with E-state index in [0.29, 0.717) is 0 Å². The third-order valence-electron chi connectivity index (χ3n) is 5.14. The van der Waals surface area contributed by atoms with Crippen LogP contribution in [0.4, 0.5) is 0 Å². The van der Waals surface area contributed by atoms with Crippen LogP contribution in [0.1, 0.15) is 27.9 Å². The summed E-state index contributed by atoms with van der Waals surface area (Å²) in [5, 5.41) is 0. The molecule has 0 saturated carbocycles. The van der Waals surface area contributed by atoms with Crippen molar-refractivity contribution < 1.29 is 0 Å². The minimum absolute atomic E-state index is 1.03. The summed E-state index contributed by atoms with van der Waals surface area (Å²) in [5.41, 5.74) is 11.2. The Morgan fingerprint density at radius 3 is 2.17 bits per heavy atom. The van der Waals surface area contributed by atoms with Gasteiger partial charge in [-0.15, -0.1) is 0 Å². The molecule has 3 nitrogen and oxygen atoms in total. The SMILES string of the molecule is Cc1nc2c(c3c1CCc1cccnc1-3)CCc1cccnc1-2. The molecular formula is C20H17N3. The molecule has 0 spiro atoms. The maximum Gasteiger partial charge on any atom is 0.0931 e. The molecule has 0 amide bonds. The van der Waals surface area contributed by atoms with Gasteiger partial charge in [-0.2, -0.15) is 0 Å². The normalized spacial score (nSPS) is 14.5. The lowest BCUT2D eigenvalue weighted by Crippen LogP contribution is -2.16. The molecule has 3 aromatic heterocycles. The van der Waals surface area contributed by atoms with Crippen LogP contribution in [0.25, 0.3) is 22.6 Å². The number of aryl methyl sites for hydroxylation is 3. The van der Waals surface area contributed by atoms with E-state index in [-0.39, 0.29) is 0 Å². The molecular weight excluding hydrogens is 282 g/mol. The maximum absolute atomic E-state index is 4.95. The smallest absolute Gasteiger partial charge is 0.0931 e. The van der Waals surface area contributed by atoms with E-state index in [9.17, 15) is 0 Å². The van der Waals surface area contributed by atoms with E-state index in [1.165, 1.54) is 27.8 Å². The first-order valence-corrected chi connectivity index (χ1v) is 8.24. The van der Waals surface area contributed by atoms with Crippen LogP contribution in [0.5, 0.6) is 0 Å². The number of aromatic nitrogens is 3. The highest BCUT2D eigenvalue weighted by Gasteiger charge is 2.28. The molecule has 23 heavy (non-hydrogen) atoms. The summed E-state index contributed by atoms with van der Waals surface area (Å²) in [6.45, 7) is 2.13. The van der Waals surface area contributed by atoms with Gasteiger partial charge in [-0.1, -0.05) is 12.1 Å². The largest absolute Gasteiger partial charge is 0.256 e. The summed E-state index contributed by atoms with van der Waals surface area (Å²) in [5.74, 6) is 0. The van der Waals surface area contributed by atoms with Crippen LogP contribution < -0.4 is 0 Å². The topological polar surface area (TPSA) is 38.7 Å². The molecule has 2 aliphatic rings. The molecule has 5 rings (SSSR count). The number of hydrogen-bond donors (Lipinski definition) is 0. The van der Waals surface area contributed by atoms with Crippen LogP contribution in [0, 0.1) is 6.92 Å². The van der Waals surface area contributed by atoms with Gasteiger partial charge in [0, 0.05) is 23.7 Å². The van der Waals surface area contributed by atoms with Crippen LogP contribution in [0.3, 0.4) is 0 Å². The standard InChI is InChI=1S/C20H17N3/c1-12-15-8-6-13-4-2-10-21-18(13)17(15)16-9-7-14-5-3-11-22-19(14)20(16)23-12/h2-5,10-11H,6-9H2,1H3. The van der Waals surface area contributed by atoms with E-state index < -0.39 is 0 Å². The van der Waals surface area contributed by atoms with Crippen LogP contribution in [0.2, 0.25) is 0 Å². The van der Waals surface area contributed by atoms with Crippen molar-refractivity contribution in [3.05, 3.63) is 64.6 Å². The van der Waals surface area contributed by atoms with E-state index in [4.69, 9.17) is 9.97 Å². The van der Waals surface area contributed by atoms with Gasteiger partial charge in [-0.3, -0.25) is 15.0 Å². The molecule has 0 aromatic carbocycles. The second-order valence-corrected chi connectivity index (χ2v) is 6.40. The molecule has 112 valence electrons. The van der Waals surface area contributed by atoms with Crippen molar-refractivity contribution in [3.8, 4) is 22.6 Å². The lowest BCUT2D eigenvalue weighted by atomic mass is 9.80. The molecule has 0 saturated heterocycles. The van der Waals surface area contributed by atoms with E-state index in [1.807, 2.05) is 24.5 Å². The van der Waals surface area contributed by atoms with Gasteiger partial charge in [-0.25, -0.2) is 0 Å². The van der Waals surface area contributed by atoms with E-state index >= 15 is 0 Å². The van der Waals surface area contributed by atoms with Crippen molar-refractivity contribution in [2.45, 2.75) is 32.6 Å². The molecule has 0 atom stereocenters. The summed E-state index contributed by atoms with van der Waals surface area (Å²) < 4.78 is 0. The monoisotopic (exact) mass is 299 g/mol. The third-order valence-corrected chi connectivity index (χ3v) is 5.14. The number of rotatable bonds is 0. The minimum Gasteiger partial charge on any atom is -0.256 e. The van der Waals surface area contributed by atoms with Gasteiger partial charge < -0.3 is 0 Å². The Morgan fingerprint density at radius 2 is 1.39 bits per heavy atom. The predicted molar refractivity (Wildman–Crippen MR) is 90.3 cm³/mol. The Labute approximate surface area is 135 Å². The number of fused-ring (bicyclic) bond motifs is 7. The highest BCUT2D eigenvalue weighted by atomic mass is 14.8. The molecule has 0 fully saturated rings. The van der Waals surface area contributed by atoms with Crippen molar-refractivity contribution in [1.29, 1.82) is 0 Å². The number of hydrogen-bond acceptors (Lipinski definition) is 3. The van der Waals surface area contributed by atoms with Gasteiger partial charge in [0.2, 0.25) is 0 Å². The second-order valence-electron chi connectivity index (χ2n) is 6.40. The quantitative estimate of drug-likeness (QED) is 0.635. The third kappa shape index (κ3) is 1.79. The molecule has 0 bridgehead atoms. The van der Waals surface area contributed by atoms with E-state index in [0.717, 1.165) is 48.5 Å². The summed E-state index contributed by atoms with van der Waals surface area (Å²) >= 11 is 0. The van der Waals surface area contributed by atoms with Gasteiger partial charge in [0.15, 0.2) is 0 Å². The van der Waals surface area contributed by atoms with Gasteiger partial charge >= 0.3 is 0 Å². The van der Waals surface area contributed by atoms with Crippen molar-refractivity contribution in [2.24, 2.45) is 0 Å². The Morgan fingerprint density at radius 1 is 0.739 bits per heavy atom. The van der Waals surface area contributed by atoms with E-state index in [1.54, 1.807) is 0 Å². The predicted octanol–water partition coefficient (Wildman–Crippen LogP) is 3.71. The van der Waals surface area contributed by atoms with Gasteiger partial charge in [-0.05, 0) is 67.0 Å². The van der Waals surface area contributed by atoms with Crippen LogP contribution in [0.15, 0.2) is 36.7 Å². The minimum atomic E-state index is 1.03. The molecule has 0 radical (unpaired) electrons. The van der Waals surface area contributed by atoms with Crippen LogP contribution in [-0.4, -0.2) is 15.0 Å². The zero-order chi connectivity index (χ0) is 15.4. The second kappa shape index (κ2) is 4.72. The maximum atomic E-state index is 4.95. The first-order valence-electron chi connectivity index (χ1n) is 8.24. The van der Waals surface area contributed by atoms with Gasteiger partial charge in [0.1, 0.15) is 0 Å². The Balaban J connectivity index is 1.87. The average molecular weight is 299 g/mol. The highest BCUT2D eigenvalue weighted by molar-refractivity contribution is 5.81. The van der Waals surface area contributed by atoms with E-state index in [2.05, 4.69) is 24.0 Å². The Hall–Kier alpha value is -2.55. The average Bonchev–Trinajstić information content (AvgIpc) is 2.61. The van der Waals surface area contributed by atoms with Crippen molar-refractivity contribution >= 4 is 0 Å². The zero-order valence-corrected chi connectivity index (χ0v) is 13.1. The lowest BCUT2D eigenvalue weighted by Gasteiger charge is -2.27. The van der Waals surface area contributed by atoms with Crippen LogP contribution in [-0.2, 0) is 25.7 Å². The van der Waals surface area contributed by atoms with Gasteiger partial charge in [0.25, 0.3) is 0 Å². The van der Waals surface area contributed by atoms with Crippen molar-refractivity contribution in [1.82, 2.24) is 15.0 Å². The van der Waals surface area contributed by atoms with Crippen molar-refractivity contribution in [3.63, 3.8) is 0 Å². The Kier molecular flexibility index (Phi) is 2.66. The molecule has 0 aliphatic heterocycles. The van der Waals surface area contributed by atoms with Crippen molar-refractivity contribution in [2.75, 3.05) is 0 Å². The molecule has 2 aliphatic carbocycles. The van der Waals surface area contributed by atoms with Crippen LogP contribution >= 0.6 is 0 Å². The summed E-state index contributed by atoms with van der Waals surface area (Å²) in [6.07, 6.45) is 7.97. The fourth-order valence-electron chi connectivity index (χ4n) is 4.05. The highest BCUT2D eigenvalue weighted by Crippen LogP contribution is 2.42. The fourth-order valence-corrected chi connectivity index (χ4v) is 4.05. The van der Waals surface area contributed by atoms with Gasteiger partial charge in [0.05, 0.1) is 17.1 Å². The number of nitrogens with zero attached hydrogens (tertiary/aromatic N) is 3. The number of pyridine rings is 3. The molecule has 3 heteroatoms. The Bertz CT molecular complexity index is 944. The molecule has 0 N–H and O–H groups in total. The lowest BCUT2D eigenvalue weighted by molar-refractivity contribution is 0.859.